The molecule has 1 heterocycles. The molecule has 0 bridgehead atoms. The van der Waals surface area contributed by atoms with E-state index in [1.807, 2.05) is 6.92 Å². The Labute approximate surface area is 125 Å². The summed E-state index contributed by atoms with van der Waals surface area (Å²) in [7, 11) is 0. The summed E-state index contributed by atoms with van der Waals surface area (Å²) < 4.78 is 5.40. The molecule has 0 saturated heterocycles. The average molecular weight is 299 g/mol. The quantitative estimate of drug-likeness (QED) is 0.870. The molecule has 1 fully saturated rings. The molecule has 2 rings (SSSR count). The Kier molecular flexibility index (Phi) is 5.83. The van der Waals surface area contributed by atoms with Crippen LogP contribution in [0.3, 0.4) is 0 Å². The third kappa shape index (κ3) is 4.78. The van der Waals surface area contributed by atoms with Crippen LogP contribution in [0.2, 0.25) is 5.28 Å². The van der Waals surface area contributed by atoms with Crippen LogP contribution in [0.25, 0.3) is 0 Å². The van der Waals surface area contributed by atoms with Gasteiger partial charge in [0.25, 0.3) is 0 Å². The molecule has 0 amide bonds. The zero-order valence-electron chi connectivity index (χ0n) is 12.2. The predicted molar refractivity (Wildman–Crippen MR) is 80.2 cm³/mol. The van der Waals surface area contributed by atoms with Crippen molar-refractivity contribution in [3.05, 3.63) is 5.28 Å². The molecule has 0 radical (unpaired) electrons. The first-order chi connectivity index (χ1) is 9.67. The van der Waals surface area contributed by atoms with Crippen molar-refractivity contribution in [3.63, 3.8) is 0 Å². The predicted octanol–water partition coefficient (Wildman–Crippen LogP) is 3.55. The van der Waals surface area contributed by atoms with E-state index in [-0.39, 0.29) is 5.28 Å². The van der Waals surface area contributed by atoms with Gasteiger partial charge in [0.1, 0.15) is 0 Å². The third-order valence-corrected chi connectivity index (χ3v) is 3.88. The second-order valence-corrected chi connectivity index (χ2v) is 5.90. The summed E-state index contributed by atoms with van der Waals surface area (Å²) in [5, 5.41) is 3.43. The largest absolute Gasteiger partial charge is 0.463 e. The summed E-state index contributed by atoms with van der Waals surface area (Å²) in [6, 6.07) is 0.298. The van der Waals surface area contributed by atoms with Gasteiger partial charge in [-0.3, -0.25) is 0 Å². The van der Waals surface area contributed by atoms with Gasteiger partial charge in [-0.15, -0.1) is 0 Å². The number of hydrogen-bond donors (Lipinski definition) is 1. The fraction of sp³-hybridized carbons (Fsp3) is 0.786. The molecule has 1 aliphatic carbocycles. The maximum atomic E-state index is 5.89. The lowest BCUT2D eigenvalue weighted by Crippen LogP contribution is -2.21. The average Bonchev–Trinajstić information content (AvgIpc) is 2.44. The number of nitrogens with one attached hydrogen (secondary N) is 1. The van der Waals surface area contributed by atoms with E-state index in [2.05, 4.69) is 27.2 Å². The number of nitrogens with zero attached hydrogens (tertiary/aromatic N) is 3. The first kappa shape index (κ1) is 15.3. The summed E-state index contributed by atoms with van der Waals surface area (Å²) in [4.78, 5) is 12.3. The van der Waals surface area contributed by atoms with Crippen LogP contribution in [-0.4, -0.2) is 28.1 Å². The Bertz CT molecular complexity index is 422. The van der Waals surface area contributed by atoms with Crippen molar-refractivity contribution >= 4 is 17.5 Å². The molecule has 0 unspecified atom stereocenters. The molecule has 0 spiro atoms. The molecule has 0 atom stereocenters. The van der Waals surface area contributed by atoms with Gasteiger partial charge in [0, 0.05) is 6.54 Å². The topological polar surface area (TPSA) is 59.9 Å². The smallest absolute Gasteiger partial charge is 0.322 e. The van der Waals surface area contributed by atoms with Crippen molar-refractivity contribution in [1.82, 2.24) is 15.0 Å². The van der Waals surface area contributed by atoms with Gasteiger partial charge in [0.05, 0.1) is 6.61 Å². The standard InChI is InChI=1S/C14H23ClN4O/c1-3-8-20-14-18-12(15)17-13(19-14)16-9-11-6-4-10(2)5-7-11/h10-11H,3-9H2,1-2H3,(H,16,17,18,19). The van der Waals surface area contributed by atoms with Crippen LogP contribution in [0.15, 0.2) is 0 Å². The van der Waals surface area contributed by atoms with Crippen LogP contribution in [0.5, 0.6) is 6.01 Å². The summed E-state index contributed by atoms with van der Waals surface area (Å²) in [6.45, 7) is 5.83. The number of aromatic nitrogens is 3. The van der Waals surface area contributed by atoms with Gasteiger partial charge >= 0.3 is 6.01 Å². The van der Waals surface area contributed by atoms with Gasteiger partial charge in [-0.05, 0) is 42.7 Å². The Morgan fingerprint density at radius 3 is 2.65 bits per heavy atom. The van der Waals surface area contributed by atoms with Crippen molar-refractivity contribution in [2.45, 2.75) is 46.0 Å². The third-order valence-electron chi connectivity index (χ3n) is 3.71. The molecule has 1 N–H and O–H groups in total. The number of halogens is 1. The van der Waals surface area contributed by atoms with Gasteiger partial charge in [-0.2, -0.15) is 15.0 Å². The number of ether oxygens (including phenoxy) is 1. The van der Waals surface area contributed by atoms with Crippen molar-refractivity contribution in [2.24, 2.45) is 11.8 Å². The van der Waals surface area contributed by atoms with E-state index in [4.69, 9.17) is 16.3 Å². The summed E-state index contributed by atoms with van der Waals surface area (Å²) in [5.74, 6) is 2.07. The van der Waals surface area contributed by atoms with Crippen molar-refractivity contribution in [1.29, 1.82) is 0 Å². The second-order valence-electron chi connectivity index (χ2n) is 5.57. The molecule has 0 aliphatic heterocycles. The molecule has 1 saturated carbocycles. The van der Waals surface area contributed by atoms with E-state index in [9.17, 15) is 0 Å². The Morgan fingerprint density at radius 1 is 1.20 bits per heavy atom. The van der Waals surface area contributed by atoms with Crippen LogP contribution in [0.4, 0.5) is 5.95 Å². The maximum absolute atomic E-state index is 5.89. The Hall–Kier alpha value is -1.10. The van der Waals surface area contributed by atoms with E-state index in [0.29, 0.717) is 24.5 Å². The van der Waals surface area contributed by atoms with Crippen LogP contribution in [0, 0.1) is 11.8 Å². The van der Waals surface area contributed by atoms with Crippen molar-refractivity contribution in [3.8, 4) is 6.01 Å². The Morgan fingerprint density at radius 2 is 1.95 bits per heavy atom. The minimum absolute atomic E-state index is 0.172. The van der Waals surface area contributed by atoms with E-state index < -0.39 is 0 Å². The highest BCUT2D eigenvalue weighted by Crippen LogP contribution is 2.28. The normalized spacial score (nSPS) is 22.6. The highest BCUT2D eigenvalue weighted by molar-refractivity contribution is 6.28. The molecule has 20 heavy (non-hydrogen) atoms. The zero-order chi connectivity index (χ0) is 14.4. The molecule has 6 heteroatoms. The SMILES string of the molecule is CCCOc1nc(Cl)nc(NCC2CCC(C)CC2)n1. The lowest BCUT2D eigenvalue weighted by atomic mass is 9.83. The number of rotatable bonds is 6. The van der Waals surface area contributed by atoms with Gasteiger partial charge < -0.3 is 10.1 Å². The Balaban J connectivity index is 1.87. The molecular formula is C14H23ClN4O. The van der Waals surface area contributed by atoms with E-state index in [0.717, 1.165) is 18.9 Å². The maximum Gasteiger partial charge on any atom is 0.322 e. The van der Waals surface area contributed by atoms with Gasteiger partial charge in [-0.1, -0.05) is 26.7 Å². The van der Waals surface area contributed by atoms with E-state index in [1.165, 1.54) is 25.7 Å². The first-order valence-corrected chi connectivity index (χ1v) is 7.83. The van der Waals surface area contributed by atoms with Gasteiger partial charge in [0.15, 0.2) is 0 Å². The highest BCUT2D eigenvalue weighted by atomic mass is 35.5. The summed E-state index contributed by atoms with van der Waals surface area (Å²) >= 11 is 5.89. The van der Waals surface area contributed by atoms with Gasteiger partial charge in [-0.25, -0.2) is 0 Å². The van der Waals surface area contributed by atoms with Crippen LogP contribution in [-0.2, 0) is 0 Å². The fourth-order valence-electron chi connectivity index (χ4n) is 2.44. The monoisotopic (exact) mass is 298 g/mol. The minimum atomic E-state index is 0.172. The van der Waals surface area contributed by atoms with Gasteiger partial charge in [0.2, 0.25) is 11.2 Å². The van der Waals surface area contributed by atoms with E-state index in [1.54, 1.807) is 0 Å². The molecule has 1 aliphatic rings. The number of hydrogen-bond acceptors (Lipinski definition) is 5. The highest BCUT2D eigenvalue weighted by Gasteiger charge is 2.18. The van der Waals surface area contributed by atoms with Crippen LogP contribution >= 0.6 is 11.6 Å². The lowest BCUT2D eigenvalue weighted by Gasteiger charge is -2.26. The van der Waals surface area contributed by atoms with Crippen LogP contribution in [0.1, 0.15) is 46.0 Å². The van der Waals surface area contributed by atoms with Crippen molar-refractivity contribution < 1.29 is 4.74 Å². The molecule has 112 valence electrons. The molecule has 0 aromatic carbocycles. The first-order valence-electron chi connectivity index (χ1n) is 7.45. The molecule has 1 aromatic heterocycles. The summed E-state index contributed by atoms with van der Waals surface area (Å²) in [6.07, 6.45) is 6.08. The second kappa shape index (κ2) is 7.62. The van der Waals surface area contributed by atoms with Crippen molar-refractivity contribution in [2.75, 3.05) is 18.5 Å². The minimum Gasteiger partial charge on any atom is -0.463 e. The van der Waals surface area contributed by atoms with Crippen LogP contribution < -0.4 is 10.1 Å². The molecule has 5 nitrogen and oxygen atoms in total. The zero-order valence-corrected chi connectivity index (χ0v) is 13.0. The number of anilines is 1. The van der Waals surface area contributed by atoms with E-state index >= 15 is 0 Å². The molecular weight excluding hydrogens is 276 g/mol. The summed E-state index contributed by atoms with van der Waals surface area (Å²) in [5.41, 5.74) is 0. The fourth-order valence-corrected chi connectivity index (χ4v) is 2.59. The lowest BCUT2D eigenvalue weighted by molar-refractivity contribution is 0.290. The molecule has 1 aromatic rings.